The Kier molecular flexibility index (Phi) is 19.3. The number of furan rings is 1. The Hall–Kier alpha value is -19.9. The van der Waals surface area contributed by atoms with Crippen molar-refractivity contribution in [3.63, 3.8) is 0 Å². The van der Waals surface area contributed by atoms with Crippen LogP contribution in [0.3, 0.4) is 0 Å². The van der Waals surface area contributed by atoms with E-state index in [1.54, 1.807) is 0 Å². The average molecular weight is 1860 g/mol. The van der Waals surface area contributed by atoms with Crippen LogP contribution in [0, 0.1) is 0 Å². The summed E-state index contributed by atoms with van der Waals surface area (Å²) in [6, 6.07) is 172. The molecule has 0 spiro atoms. The van der Waals surface area contributed by atoms with Gasteiger partial charge in [0, 0.05) is 110 Å². The van der Waals surface area contributed by atoms with E-state index < -0.39 is 0 Å². The SMILES string of the molecule is c1ccc(-c2ccc(-c3nc(-c4ccc(-n5c6ccccc6c6c7ccccc7ccc65)cc4)nc(-c4ccc(-c5ccccc5)c(-c5ccc6c(ccc7c6c6ccccc6n7-c6ccc(-c7nc(-c8ccc(-c9ccc%10ccc%11c(c%10c9)c9ccccc9n%11-c9ccc(-c%10nc(-c%11ccccc%11)nc(-c%11ccc%12c(c%11)oc%11ccccc%11%12)n%10)cc9)cc8)nc(-c8ccc9ccccc9c8)n7)cc6)c5)c4)n3)cc2)cc1. The van der Waals surface area contributed by atoms with Crippen molar-refractivity contribution < 1.29 is 4.42 Å². The van der Waals surface area contributed by atoms with Gasteiger partial charge in [0.15, 0.2) is 52.4 Å². The lowest BCUT2D eigenvalue weighted by molar-refractivity contribution is 0.669. The molecule has 0 bridgehead atoms. The molecule has 22 aromatic carbocycles. The predicted molar refractivity (Wildman–Crippen MR) is 598 cm³/mol. The van der Waals surface area contributed by atoms with Gasteiger partial charge >= 0.3 is 0 Å². The summed E-state index contributed by atoms with van der Waals surface area (Å²) in [4.78, 5) is 47.5. The van der Waals surface area contributed by atoms with E-state index in [4.69, 9.17) is 49.3 Å². The molecular formula is C133H80N12O. The molecule has 146 heavy (non-hydrogen) atoms. The van der Waals surface area contributed by atoms with E-state index in [2.05, 4.69) is 438 Å². The van der Waals surface area contributed by atoms with Gasteiger partial charge in [-0.15, -0.1) is 0 Å². The van der Waals surface area contributed by atoms with E-state index in [0.717, 1.165) is 210 Å². The van der Waals surface area contributed by atoms with Gasteiger partial charge in [-0.2, -0.15) is 0 Å². The highest BCUT2D eigenvalue weighted by atomic mass is 16.3. The Morgan fingerprint density at radius 1 is 0.137 bits per heavy atom. The second-order valence-electron chi connectivity index (χ2n) is 37.5. The van der Waals surface area contributed by atoms with E-state index in [1.807, 2.05) is 60.7 Å². The average Bonchev–Trinajstić information content (AvgIpc) is 1.58. The summed E-state index contributed by atoms with van der Waals surface area (Å²) >= 11 is 0. The first-order valence-corrected chi connectivity index (χ1v) is 49.2. The van der Waals surface area contributed by atoms with Gasteiger partial charge in [0.1, 0.15) is 11.2 Å². The molecule has 0 radical (unpaired) electrons. The number of fused-ring (bicyclic) bond motifs is 19. The van der Waals surface area contributed by atoms with Crippen LogP contribution in [0.25, 0.3) is 295 Å². The third kappa shape index (κ3) is 14.2. The number of para-hydroxylation sites is 4. The maximum absolute atomic E-state index is 6.35. The van der Waals surface area contributed by atoms with Crippen LogP contribution in [0.4, 0.5) is 0 Å². The van der Waals surface area contributed by atoms with Crippen LogP contribution >= 0.6 is 0 Å². The first-order chi connectivity index (χ1) is 72.3. The molecule has 0 amide bonds. The number of hydrogen-bond donors (Lipinski definition) is 0. The molecule has 29 aromatic rings. The van der Waals surface area contributed by atoms with Crippen molar-refractivity contribution in [3.05, 3.63) is 485 Å². The maximum Gasteiger partial charge on any atom is 0.164 e. The highest BCUT2D eigenvalue weighted by molar-refractivity contribution is 6.25. The molecule has 13 heteroatoms. The Balaban J connectivity index is 0.488. The highest BCUT2D eigenvalue weighted by Gasteiger charge is 2.26. The van der Waals surface area contributed by atoms with Crippen LogP contribution in [-0.2, 0) is 0 Å². The van der Waals surface area contributed by atoms with Gasteiger partial charge in [0.25, 0.3) is 0 Å². The van der Waals surface area contributed by atoms with Gasteiger partial charge in [-0.25, -0.2) is 44.9 Å². The molecular weight excluding hydrogens is 1780 g/mol. The van der Waals surface area contributed by atoms with E-state index in [1.165, 1.54) is 32.3 Å². The Labute approximate surface area is 837 Å². The van der Waals surface area contributed by atoms with Crippen LogP contribution in [0.1, 0.15) is 0 Å². The summed E-state index contributed by atoms with van der Waals surface area (Å²) in [7, 11) is 0. The molecule has 29 rings (SSSR count). The fraction of sp³-hybridized carbons (Fsp3) is 0. The topological polar surface area (TPSA) is 144 Å². The normalized spacial score (nSPS) is 11.8. The summed E-state index contributed by atoms with van der Waals surface area (Å²) in [5.41, 5.74) is 27.9. The van der Waals surface area contributed by atoms with Crippen LogP contribution in [0.2, 0.25) is 0 Å². The van der Waals surface area contributed by atoms with Gasteiger partial charge in [-0.3, -0.25) is 0 Å². The van der Waals surface area contributed by atoms with E-state index in [9.17, 15) is 0 Å². The summed E-state index contributed by atoms with van der Waals surface area (Å²) < 4.78 is 13.5. The molecule has 0 fully saturated rings. The number of aromatic nitrogens is 12. The quantitative estimate of drug-likeness (QED) is 0.0917. The number of rotatable bonds is 16. The second kappa shape index (κ2) is 34.0. The second-order valence-corrected chi connectivity index (χ2v) is 37.5. The Bertz CT molecular complexity index is 10400. The monoisotopic (exact) mass is 1860 g/mol. The molecule has 0 unspecified atom stereocenters. The van der Waals surface area contributed by atoms with Crippen molar-refractivity contribution in [1.82, 2.24) is 58.6 Å². The third-order valence-electron chi connectivity index (χ3n) is 29.0. The Morgan fingerprint density at radius 2 is 0.432 bits per heavy atom. The molecule has 7 aromatic heterocycles. The summed E-state index contributed by atoms with van der Waals surface area (Å²) in [6.45, 7) is 0. The van der Waals surface area contributed by atoms with Crippen LogP contribution in [0.5, 0.6) is 0 Å². The molecule has 13 nitrogen and oxygen atoms in total. The maximum atomic E-state index is 6.35. The fourth-order valence-corrected chi connectivity index (χ4v) is 21.9. The van der Waals surface area contributed by atoms with Crippen molar-refractivity contribution in [1.29, 1.82) is 0 Å². The minimum absolute atomic E-state index is 0.562. The van der Waals surface area contributed by atoms with Gasteiger partial charge in [0.2, 0.25) is 0 Å². The lowest BCUT2D eigenvalue weighted by Gasteiger charge is -2.15. The standard InChI is InChI=1S/C133H80N12O/c1-4-22-81(23-5-1)83-40-46-89(47-41-83)127-136-130(93-54-64-101(65-55-93)143-114-36-18-14-33-109(114)122-105-31-13-12-27-86(105)61-73-117(122)143)141-132(140-127)99-59-70-104(85-25-6-2-7-26-85)112(79-99)97-58-71-106-96(77-97)63-75-118-123(106)110-34-15-19-37-115(110)144(118)102-66-52-92(53-67-102)129-135-126(138-131(139-129)98-51-44-82-24-10-11-30-94(82)76-98)90-48-42-84(43-49-90)95-50-45-87-62-74-119-124(113(87)78-95)111-35-16-20-38-116(111)145(119)103-68-56-91(57-69-103)128-134-125(88-28-8-3-9-29-88)137-133(142-128)100-60-72-108-107-32-17-21-39-120(107)146-121(108)80-100/h1-80H. The zero-order chi connectivity index (χ0) is 96.0. The molecule has 7 heterocycles. The van der Waals surface area contributed by atoms with Gasteiger partial charge in [0.05, 0.1) is 33.1 Å². The van der Waals surface area contributed by atoms with Crippen molar-refractivity contribution >= 4 is 130 Å². The largest absolute Gasteiger partial charge is 0.456 e. The fourth-order valence-electron chi connectivity index (χ4n) is 21.9. The third-order valence-corrected chi connectivity index (χ3v) is 29.0. The van der Waals surface area contributed by atoms with Crippen molar-refractivity contribution in [2.24, 2.45) is 0 Å². The first-order valence-electron chi connectivity index (χ1n) is 49.2. The number of nitrogens with zero attached hydrogens (tertiary/aromatic N) is 12. The van der Waals surface area contributed by atoms with Crippen molar-refractivity contribution in [2.45, 2.75) is 0 Å². The Morgan fingerprint density at radius 3 is 0.945 bits per heavy atom. The minimum Gasteiger partial charge on any atom is -0.456 e. The van der Waals surface area contributed by atoms with E-state index >= 15 is 0 Å². The summed E-state index contributed by atoms with van der Waals surface area (Å²) in [5, 5.41) is 18.5. The van der Waals surface area contributed by atoms with Gasteiger partial charge in [-0.1, -0.05) is 334 Å². The molecule has 0 atom stereocenters. The molecule has 0 saturated heterocycles. The van der Waals surface area contributed by atoms with Crippen LogP contribution < -0.4 is 0 Å². The minimum atomic E-state index is 0.562. The lowest BCUT2D eigenvalue weighted by atomic mass is 9.91. The molecule has 0 aliphatic carbocycles. The zero-order valence-electron chi connectivity index (χ0n) is 78.5. The molecule has 0 saturated carbocycles. The van der Waals surface area contributed by atoms with E-state index in [-0.39, 0.29) is 0 Å². The predicted octanol–water partition coefficient (Wildman–Crippen LogP) is 33.7. The molecule has 0 aliphatic heterocycles. The van der Waals surface area contributed by atoms with Crippen molar-refractivity contribution in [3.8, 4) is 164 Å². The molecule has 0 aliphatic rings. The van der Waals surface area contributed by atoms with Crippen molar-refractivity contribution in [2.75, 3.05) is 0 Å². The van der Waals surface area contributed by atoms with E-state index in [0.29, 0.717) is 52.4 Å². The molecule has 0 N–H and O–H groups in total. The van der Waals surface area contributed by atoms with Crippen LogP contribution in [-0.4, -0.2) is 58.6 Å². The van der Waals surface area contributed by atoms with Gasteiger partial charge < -0.3 is 18.1 Å². The summed E-state index contributed by atoms with van der Waals surface area (Å²) in [6.07, 6.45) is 0. The molecule has 678 valence electrons. The highest BCUT2D eigenvalue weighted by Crippen LogP contribution is 2.47. The zero-order valence-corrected chi connectivity index (χ0v) is 78.5. The van der Waals surface area contributed by atoms with Crippen LogP contribution in [0.15, 0.2) is 490 Å². The first kappa shape index (κ1) is 83.1. The smallest absolute Gasteiger partial charge is 0.164 e. The lowest BCUT2D eigenvalue weighted by Crippen LogP contribution is -2.01. The van der Waals surface area contributed by atoms with Gasteiger partial charge in [-0.05, 0) is 239 Å². The number of benzene rings is 22. The summed E-state index contributed by atoms with van der Waals surface area (Å²) in [5.74, 6) is 5.16. The number of hydrogen-bond acceptors (Lipinski definition) is 10.